The Hall–Kier alpha value is -1.73. The normalized spacial score (nSPS) is 11.8. The van der Waals surface area contributed by atoms with Gasteiger partial charge in [0.25, 0.3) is 6.43 Å². The molecular formula is C11H10F5NO2. The van der Waals surface area contributed by atoms with Crippen molar-refractivity contribution in [1.29, 1.82) is 0 Å². The van der Waals surface area contributed by atoms with Crippen LogP contribution in [0.5, 0.6) is 0 Å². The molecule has 0 spiro atoms. The Morgan fingerprint density at radius 1 is 1.42 bits per heavy atom. The Balaban J connectivity index is 3.35. The maximum Gasteiger partial charge on any atom is 0.417 e. The molecule has 0 bridgehead atoms. The molecule has 0 unspecified atom stereocenters. The molecule has 0 atom stereocenters. The lowest BCUT2D eigenvalue weighted by Gasteiger charge is -2.15. The van der Waals surface area contributed by atoms with Crippen LogP contribution in [0.3, 0.4) is 0 Å². The van der Waals surface area contributed by atoms with E-state index in [2.05, 4.69) is 9.72 Å². The zero-order valence-corrected chi connectivity index (χ0v) is 10.0. The first-order chi connectivity index (χ1) is 8.66. The molecule has 0 N–H and O–H groups in total. The highest BCUT2D eigenvalue weighted by atomic mass is 19.4. The van der Waals surface area contributed by atoms with Crippen LogP contribution in [-0.2, 0) is 22.1 Å². The molecule has 1 heterocycles. The second-order valence-electron chi connectivity index (χ2n) is 3.71. The number of rotatable bonds is 3. The minimum absolute atomic E-state index is 0.263. The number of aryl methyl sites for hydroxylation is 1. The number of carbonyl (C=O) groups excluding carboxylic acids is 1. The molecule has 0 aliphatic rings. The van der Waals surface area contributed by atoms with E-state index in [0.717, 1.165) is 14.0 Å². The van der Waals surface area contributed by atoms with Crippen molar-refractivity contribution in [3.8, 4) is 0 Å². The summed E-state index contributed by atoms with van der Waals surface area (Å²) in [5.41, 5.74) is -3.36. The Kier molecular flexibility index (Phi) is 4.43. The molecule has 3 nitrogen and oxygen atoms in total. The van der Waals surface area contributed by atoms with Crippen molar-refractivity contribution in [3.63, 3.8) is 0 Å². The molecule has 0 fully saturated rings. The standard InChI is InChI=1S/C11H10F5NO2/c1-5-9(10(12)13)7(11(14,15)16)3-6(17-5)4-8(18)19-2/h3,10H,4H2,1-2H3. The number of ether oxygens (including phenoxy) is 1. The third kappa shape index (κ3) is 3.62. The summed E-state index contributed by atoms with van der Waals surface area (Å²) in [6, 6.07) is 0.450. The molecule has 0 amide bonds. The maximum atomic E-state index is 12.7. The molecule has 1 rings (SSSR count). The number of carbonyl (C=O) groups is 1. The van der Waals surface area contributed by atoms with E-state index < -0.39 is 41.8 Å². The van der Waals surface area contributed by atoms with Crippen LogP contribution in [0.25, 0.3) is 0 Å². The monoisotopic (exact) mass is 283 g/mol. The van der Waals surface area contributed by atoms with Crippen molar-refractivity contribution < 1.29 is 31.5 Å². The van der Waals surface area contributed by atoms with Crippen LogP contribution in [0.15, 0.2) is 6.07 Å². The largest absolute Gasteiger partial charge is 0.469 e. The zero-order valence-electron chi connectivity index (χ0n) is 10.0. The summed E-state index contributed by atoms with van der Waals surface area (Å²) in [6.45, 7) is 1.04. The fraction of sp³-hybridized carbons (Fsp3) is 0.455. The average molecular weight is 283 g/mol. The number of hydrogen-bond acceptors (Lipinski definition) is 3. The smallest absolute Gasteiger partial charge is 0.417 e. The van der Waals surface area contributed by atoms with Gasteiger partial charge in [0.05, 0.1) is 30.4 Å². The lowest BCUT2D eigenvalue weighted by Crippen LogP contribution is -2.15. The van der Waals surface area contributed by atoms with E-state index in [9.17, 15) is 26.7 Å². The molecule has 19 heavy (non-hydrogen) atoms. The van der Waals surface area contributed by atoms with Gasteiger partial charge in [0.2, 0.25) is 0 Å². The second-order valence-corrected chi connectivity index (χ2v) is 3.71. The molecule has 1 aromatic heterocycles. The lowest BCUT2D eigenvalue weighted by atomic mass is 10.0. The Morgan fingerprint density at radius 2 is 2.00 bits per heavy atom. The van der Waals surface area contributed by atoms with E-state index in [4.69, 9.17) is 0 Å². The molecule has 0 aliphatic carbocycles. The summed E-state index contributed by atoms with van der Waals surface area (Å²) in [5, 5.41) is 0. The fourth-order valence-electron chi connectivity index (χ4n) is 1.57. The van der Waals surface area contributed by atoms with E-state index in [1.807, 2.05) is 0 Å². The first-order valence-electron chi connectivity index (χ1n) is 5.09. The zero-order chi connectivity index (χ0) is 14.8. The van der Waals surface area contributed by atoms with Gasteiger partial charge in [-0.3, -0.25) is 9.78 Å². The van der Waals surface area contributed by atoms with Crippen molar-refractivity contribution in [2.45, 2.75) is 25.9 Å². The van der Waals surface area contributed by atoms with Crippen LogP contribution in [0.4, 0.5) is 22.0 Å². The lowest BCUT2D eigenvalue weighted by molar-refractivity contribution is -0.141. The van der Waals surface area contributed by atoms with E-state index >= 15 is 0 Å². The molecule has 0 radical (unpaired) electrons. The number of nitrogens with zero attached hydrogens (tertiary/aromatic N) is 1. The molecule has 0 aromatic carbocycles. The second kappa shape index (κ2) is 5.50. The van der Waals surface area contributed by atoms with Crippen molar-refractivity contribution in [2.24, 2.45) is 0 Å². The van der Waals surface area contributed by atoms with Crippen molar-refractivity contribution in [1.82, 2.24) is 4.98 Å². The van der Waals surface area contributed by atoms with Crippen molar-refractivity contribution in [3.05, 3.63) is 28.6 Å². The molecule has 0 saturated heterocycles. The Morgan fingerprint density at radius 3 is 2.42 bits per heavy atom. The number of alkyl halides is 5. The first kappa shape index (κ1) is 15.3. The van der Waals surface area contributed by atoms with Crippen molar-refractivity contribution >= 4 is 5.97 Å². The van der Waals surface area contributed by atoms with Crippen LogP contribution >= 0.6 is 0 Å². The van der Waals surface area contributed by atoms with Gasteiger partial charge in [-0.15, -0.1) is 0 Å². The molecule has 0 saturated carbocycles. The summed E-state index contributed by atoms with van der Waals surface area (Å²) in [6.07, 6.45) is -8.75. The van der Waals surface area contributed by atoms with E-state index in [1.54, 1.807) is 0 Å². The highest BCUT2D eigenvalue weighted by molar-refractivity contribution is 5.71. The van der Waals surface area contributed by atoms with Gasteiger partial charge in [-0.25, -0.2) is 8.78 Å². The van der Waals surface area contributed by atoms with E-state index in [0.29, 0.717) is 6.07 Å². The highest BCUT2D eigenvalue weighted by Crippen LogP contribution is 2.37. The number of hydrogen-bond donors (Lipinski definition) is 0. The summed E-state index contributed by atoms with van der Waals surface area (Å²) < 4.78 is 67.7. The third-order valence-corrected chi connectivity index (χ3v) is 2.38. The van der Waals surface area contributed by atoms with Gasteiger partial charge < -0.3 is 4.74 Å². The Bertz CT molecular complexity index is 485. The number of esters is 1. The van der Waals surface area contributed by atoms with Crippen LogP contribution in [0.1, 0.15) is 28.9 Å². The number of halogens is 5. The van der Waals surface area contributed by atoms with Gasteiger partial charge in [-0.2, -0.15) is 13.2 Å². The number of pyridine rings is 1. The summed E-state index contributed by atoms with van der Waals surface area (Å²) in [4.78, 5) is 14.6. The minimum Gasteiger partial charge on any atom is -0.469 e. The summed E-state index contributed by atoms with van der Waals surface area (Å²) >= 11 is 0. The maximum absolute atomic E-state index is 12.7. The SMILES string of the molecule is COC(=O)Cc1cc(C(F)(F)F)c(C(F)F)c(C)n1. The molecule has 1 aromatic rings. The fourth-order valence-corrected chi connectivity index (χ4v) is 1.57. The number of methoxy groups -OCH3 is 1. The van der Waals surface area contributed by atoms with Gasteiger partial charge >= 0.3 is 12.1 Å². The van der Waals surface area contributed by atoms with Crippen LogP contribution < -0.4 is 0 Å². The topological polar surface area (TPSA) is 39.2 Å². The average Bonchev–Trinajstić information content (AvgIpc) is 2.26. The highest BCUT2D eigenvalue weighted by Gasteiger charge is 2.37. The summed E-state index contributed by atoms with van der Waals surface area (Å²) in [5.74, 6) is -0.801. The van der Waals surface area contributed by atoms with Gasteiger partial charge in [0.1, 0.15) is 0 Å². The Labute approximate surface area is 105 Å². The predicted molar refractivity (Wildman–Crippen MR) is 54.7 cm³/mol. The van der Waals surface area contributed by atoms with Crippen LogP contribution in [0, 0.1) is 6.92 Å². The molecule has 106 valence electrons. The molecular weight excluding hydrogens is 273 g/mol. The van der Waals surface area contributed by atoms with Gasteiger partial charge in [0, 0.05) is 5.69 Å². The van der Waals surface area contributed by atoms with Crippen LogP contribution in [0.2, 0.25) is 0 Å². The predicted octanol–water partition coefficient (Wildman–Crippen LogP) is 3.06. The molecule has 0 aliphatic heterocycles. The van der Waals surface area contributed by atoms with Crippen LogP contribution in [-0.4, -0.2) is 18.1 Å². The quantitative estimate of drug-likeness (QED) is 0.632. The summed E-state index contributed by atoms with van der Waals surface area (Å²) in [7, 11) is 1.06. The third-order valence-electron chi connectivity index (χ3n) is 2.38. The van der Waals surface area contributed by atoms with E-state index in [-0.39, 0.29) is 5.69 Å². The van der Waals surface area contributed by atoms with Gasteiger partial charge in [-0.1, -0.05) is 0 Å². The first-order valence-corrected chi connectivity index (χ1v) is 5.09. The van der Waals surface area contributed by atoms with E-state index in [1.165, 1.54) is 0 Å². The van der Waals surface area contributed by atoms with Gasteiger partial charge in [-0.05, 0) is 13.0 Å². The van der Waals surface area contributed by atoms with Gasteiger partial charge in [0.15, 0.2) is 0 Å². The van der Waals surface area contributed by atoms with Crippen molar-refractivity contribution in [2.75, 3.05) is 7.11 Å². The molecule has 8 heteroatoms. The minimum atomic E-state index is -4.94. The number of aromatic nitrogens is 1.